The van der Waals surface area contributed by atoms with Crippen LogP contribution in [0.3, 0.4) is 0 Å². The first-order chi connectivity index (χ1) is 13.0. The molecule has 0 bridgehead atoms. The zero-order valence-electron chi connectivity index (χ0n) is 14.3. The minimum absolute atomic E-state index is 0.108. The standard InChI is InChI=1S/C19H16ClN3O3S/c20-15-10-13(23(25)26)7-8-14(15)19(24)22-9-3-4-12(11-22)18-21-16-5-1-2-6-17(16)27-18/h1-2,5-8,10,12H,3-4,9,11H2/t12-/m1/s1. The van der Waals surface area contributed by atoms with Gasteiger partial charge < -0.3 is 4.90 Å². The number of carbonyl (C=O) groups is 1. The fourth-order valence-corrected chi connectivity index (χ4v) is 4.74. The number of nitrogens with zero attached hydrogens (tertiary/aromatic N) is 3. The Morgan fingerprint density at radius 3 is 2.85 bits per heavy atom. The maximum absolute atomic E-state index is 12.9. The highest BCUT2D eigenvalue weighted by atomic mass is 35.5. The van der Waals surface area contributed by atoms with Crippen molar-refractivity contribution in [3.63, 3.8) is 0 Å². The number of nitro groups is 1. The minimum Gasteiger partial charge on any atom is -0.338 e. The Bertz CT molecular complexity index is 1000. The molecule has 2 heterocycles. The van der Waals surface area contributed by atoms with Crippen LogP contribution in [0, 0.1) is 10.1 Å². The number of carbonyl (C=O) groups excluding carboxylic acids is 1. The molecule has 1 saturated heterocycles. The Labute approximate surface area is 164 Å². The molecule has 6 nitrogen and oxygen atoms in total. The number of para-hydroxylation sites is 1. The normalized spacial score (nSPS) is 17.2. The fraction of sp³-hybridized carbons (Fsp3) is 0.263. The molecule has 27 heavy (non-hydrogen) atoms. The van der Waals surface area contributed by atoms with Crippen molar-refractivity contribution in [1.29, 1.82) is 0 Å². The van der Waals surface area contributed by atoms with E-state index in [0.717, 1.165) is 28.1 Å². The van der Waals surface area contributed by atoms with E-state index in [9.17, 15) is 14.9 Å². The topological polar surface area (TPSA) is 76.3 Å². The maximum Gasteiger partial charge on any atom is 0.270 e. The lowest BCUT2D eigenvalue weighted by atomic mass is 9.98. The predicted octanol–water partition coefficient (Wildman–Crippen LogP) is 4.88. The summed E-state index contributed by atoms with van der Waals surface area (Å²) in [6.07, 6.45) is 1.87. The van der Waals surface area contributed by atoms with Gasteiger partial charge in [-0.1, -0.05) is 23.7 Å². The van der Waals surface area contributed by atoms with Crippen LogP contribution in [0.15, 0.2) is 42.5 Å². The lowest BCUT2D eigenvalue weighted by Gasteiger charge is -2.32. The van der Waals surface area contributed by atoms with Gasteiger partial charge in [0.25, 0.3) is 11.6 Å². The highest BCUT2D eigenvalue weighted by Gasteiger charge is 2.28. The smallest absolute Gasteiger partial charge is 0.270 e. The molecule has 4 rings (SSSR count). The van der Waals surface area contributed by atoms with Crippen molar-refractivity contribution < 1.29 is 9.72 Å². The zero-order valence-corrected chi connectivity index (χ0v) is 15.9. The van der Waals surface area contributed by atoms with E-state index < -0.39 is 4.92 Å². The Morgan fingerprint density at radius 2 is 2.11 bits per heavy atom. The van der Waals surface area contributed by atoms with Gasteiger partial charge in [-0.25, -0.2) is 4.98 Å². The SMILES string of the molecule is O=C(c1ccc([N+](=O)[O-])cc1Cl)N1CCC[C@@H](c2nc3ccccc3s2)C1. The highest BCUT2D eigenvalue weighted by Crippen LogP contribution is 2.34. The lowest BCUT2D eigenvalue weighted by Crippen LogP contribution is -2.39. The molecule has 1 atom stereocenters. The van der Waals surface area contributed by atoms with Crippen molar-refractivity contribution in [2.75, 3.05) is 13.1 Å². The summed E-state index contributed by atoms with van der Waals surface area (Å²) >= 11 is 7.80. The zero-order chi connectivity index (χ0) is 19.0. The van der Waals surface area contributed by atoms with Crippen LogP contribution >= 0.6 is 22.9 Å². The van der Waals surface area contributed by atoms with E-state index >= 15 is 0 Å². The van der Waals surface area contributed by atoms with Crippen molar-refractivity contribution in [3.8, 4) is 0 Å². The molecule has 0 radical (unpaired) electrons. The number of benzene rings is 2. The third-order valence-corrected chi connectivity index (χ3v) is 6.27. The van der Waals surface area contributed by atoms with Gasteiger partial charge in [0.15, 0.2) is 0 Å². The Balaban J connectivity index is 1.55. The molecule has 3 aromatic rings. The average Bonchev–Trinajstić information content (AvgIpc) is 3.12. The van der Waals surface area contributed by atoms with Gasteiger partial charge in [-0.15, -0.1) is 11.3 Å². The minimum atomic E-state index is -0.524. The third kappa shape index (κ3) is 3.52. The van der Waals surface area contributed by atoms with Gasteiger partial charge in [0.2, 0.25) is 0 Å². The molecule has 0 unspecified atom stereocenters. The highest BCUT2D eigenvalue weighted by molar-refractivity contribution is 7.18. The number of amides is 1. The third-order valence-electron chi connectivity index (χ3n) is 4.76. The van der Waals surface area contributed by atoms with E-state index in [-0.39, 0.29) is 22.5 Å². The second kappa shape index (κ2) is 7.25. The molecular weight excluding hydrogens is 386 g/mol. The number of rotatable bonds is 3. The number of piperidine rings is 1. The van der Waals surface area contributed by atoms with E-state index in [0.29, 0.717) is 18.7 Å². The summed E-state index contributed by atoms with van der Waals surface area (Å²) in [7, 11) is 0. The lowest BCUT2D eigenvalue weighted by molar-refractivity contribution is -0.384. The monoisotopic (exact) mass is 401 g/mol. The summed E-state index contributed by atoms with van der Waals surface area (Å²) < 4.78 is 1.15. The number of thiazole rings is 1. The largest absolute Gasteiger partial charge is 0.338 e. The molecule has 2 aromatic carbocycles. The van der Waals surface area contributed by atoms with E-state index in [1.807, 2.05) is 18.2 Å². The summed E-state index contributed by atoms with van der Waals surface area (Å²) in [5.41, 5.74) is 1.16. The quantitative estimate of drug-likeness (QED) is 0.463. The van der Waals surface area contributed by atoms with E-state index in [1.54, 1.807) is 16.2 Å². The summed E-state index contributed by atoms with van der Waals surface area (Å²) in [6, 6.07) is 12.0. The first kappa shape index (κ1) is 17.9. The molecule has 1 aliphatic rings. The van der Waals surface area contributed by atoms with Crippen LogP contribution in [0.5, 0.6) is 0 Å². The second-order valence-corrected chi connectivity index (χ2v) is 8.00. The number of fused-ring (bicyclic) bond motifs is 1. The number of hydrogen-bond donors (Lipinski definition) is 0. The maximum atomic E-state index is 12.9. The molecule has 0 aliphatic carbocycles. The number of halogens is 1. The molecule has 1 aliphatic heterocycles. The van der Waals surface area contributed by atoms with Crippen LogP contribution < -0.4 is 0 Å². The van der Waals surface area contributed by atoms with Gasteiger partial charge >= 0.3 is 0 Å². The first-order valence-corrected chi connectivity index (χ1v) is 9.81. The van der Waals surface area contributed by atoms with Crippen molar-refractivity contribution >= 4 is 44.7 Å². The van der Waals surface area contributed by atoms with Crippen LogP contribution in [0.4, 0.5) is 5.69 Å². The Kier molecular flexibility index (Phi) is 4.80. The van der Waals surface area contributed by atoms with Crippen LogP contribution in [0.1, 0.15) is 34.1 Å². The van der Waals surface area contributed by atoms with Crippen molar-refractivity contribution in [1.82, 2.24) is 9.88 Å². The van der Waals surface area contributed by atoms with E-state index in [2.05, 4.69) is 6.07 Å². The summed E-state index contributed by atoms with van der Waals surface area (Å²) in [5.74, 6) is -0.00219. The van der Waals surface area contributed by atoms with Crippen LogP contribution in [-0.2, 0) is 0 Å². The van der Waals surface area contributed by atoms with Gasteiger partial charge in [0, 0.05) is 31.1 Å². The van der Waals surface area contributed by atoms with Gasteiger partial charge in [0.1, 0.15) is 0 Å². The summed E-state index contributed by atoms with van der Waals surface area (Å²) in [5, 5.41) is 12.0. The Morgan fingerprint density at radius 1 is 1.30 bits per heavy atom. The first-order valence-electron chi connectivity index (χ1n) is 8.61. The van der Waals surface area contributed by atoms with Gasteiger partial charge in [0.05, 0.1) is 30.7 Å². The van der Waals surface area contributed by atoms with Gasteiger partial charge in [-0.05, 0) is 31.0 Å². The van der Waals surface area contributed by atoms with Crippen LogP contribution in [0.25, 0.3) is 10.2 Å². The van der Waals surface area contributed by atoms with E-state index in [4.69, 9.17) is 16.6 Å². The van der Waals surface area contributed by atoms with Crippen LogP contribution in [0.2, 0.25) is 5.02 Å². The number of non-ortho nitro benzene ring substituents is 1. The number of aromatic nitrogens is 1. The molecule has 138 valence electrons. The van der Waals surface area contributed by atoms with Gasteiger partial charge in [-0.2, -0.15) is 0 Å². The van der Waals surface area contributed by atoms with Crippen molar-refractivity contribution in [2.24, 2.45) is 0 Å². The number of likely N-dealkylation sites (tertiary alicyclic amines) is 1. The van der Waals surface area contributed by atoms with Crippen molar-refractivity contribution in [2.45, 2.75) is 18.8 Å². The van der Waals surface area contributed by atoms with E-state index in [1.165, 1.54) is 18.2 Å². The molecule has 0 saturated carbocycles. The number of hydrogen-bond acceptors (Lipinski definition) is 5. The molecule has 1 aromatic heterocycles. The van der Waals surface area contributed by atoms with Crippen molar-refractivity contribution in [3.05, 3.63) is 68.2 Å². The average molecular weight is 402 g/mol. The Hall–Kier alpha value is -2.51. The molecule has 1 fully saturated rings. The fourth-order valence-electron chi connectivity index (χ4n) is 3.39. The second-order valence-electron chi connectivity index (χ2n) is 6.53. The predicted molar refractivity (Wildman–Crippen MR) is 106 cm³/mol. The number of nitro benzene ring substituents is 1. The molecule has 8 heteroatoms. The summed E-state index contributed by atoms with van der Waals surface area (Å²) in [6.45, 7) is 1.22. The molecule has 1 amide bonds. The van der Waals surface area contributed by atoms with Gasteiger partial charge in [-0.3, -0.25) is 14.9 Å². The summed E-state index contributed by atoms with van der Waals surface area (Å²) in [4.78, 5) is 29.7. The molecule has 0 spiro atoms. The molecule has 0 N–H and O–H groups in total. The molecular formula is C19H16ClN3O3S. The van der Waals surface area contributed by atoms with Crippen LogP contribution in [-0.4, -0.2) is 33.8 Å².